The van der Waals surface area contributed by atoms with Crippen LogP contribution < -0.4 is 5.32 Å². The smallest absolute Gasteiger partial charge is 0.239 e. The first kappa shape index (κ1) is 9.08. The van der Waals surface area contributed by atoms with Crippen molar-refractivity contribution in [2.24, 2.45) is 7.05 Å². The molecule has 0 saturated heterocycles. The highest BCUT2D eigenvalue weighted by molar-refractivity contribution is 6.04. The number of aryl methyl sites for hydroxylation is 1. The highest BCUT2D eigenvalue weighted by Crippen LogP contribution is 2.35. The Balaban J connectivity index is 2.16. The van der Waals surface area contributed by atoms with Gasteiger partial charge in [-0.3, -0.25) is 9.78 Å². The molecular formula is C11H10N4O. The number of nitrogens with zero attached hydrogens (tertiary/aromatic N) is 3. The average Bonchev–Trinajstić information content (AvgIpc) is 2.81. The van der Waals surface area contributed by atoms with Crippen LogP contribution in [0.2, 0.25) is 0 Å². The molecule has 2 aromatic heterocycles. The lowest BCUT2D eigenvalue weighted by atomic mass is 10.0. The fourth-order valence-electron chi connectivity index (χ4n) is 2.02. The highest BCUT2D eigenvalue weighted by Gasteiger charge is 2.34. The molecule has 1 aliphatic heterocycles. The van der Waals surface area contributed by atoms with Gasteiger partial charge in [-0.05, 0) is 11.6 Å². The zero-order valence-electron chi connectivity index (χ0n) is 8.71. The molecule has 0 bridgehead atoms. The molecule has 0 aliphatic carbocycles. The maximum absolute atomic E-state index is 11.9. The summed E-state index contributed by atoms with van der Waals surface area (Å²) in [6, 6.07) is 1.85. The molecule has 80 valence electrons. The monoisotopic (exact) mass is 214 g/mol. The van der Waals surface area contributed by atoms with E-state index in [0.717, 1.165) is 17.1 Å². The van der Waals surface area contributed by atoms with E-state index in [4.69, 9.17) is 0 Å². The Hall–Kier alpha value is -2.17. The summed E-state index contributed by atoms with van der Waals surface area (Å²) >= 11 is 0. The van der Waals surface area contributed by atoms with E-state index in [9.17, 15) is 4.79 Å². The van der Waals surface area contributed by atoms with Gasteiger partial charge in [0, 0.05) is 25.6 Å². The summed E-state index contributed by atoms with van der Waals surface area (Å²) < 4.78 is 1.86. The molecular weight excluding hydrogens is 204 g/mol. The molecule has 16 heavy (non-hydrogen) atoms. The number of carbonyl (C=O) groups is 1. The molecule has 5 nitrogen and oxygen atoms in total. The average molecular weight is 214 g/mol. The van der Waals surface area contributed by atoms with E-state index in [-0.39, 0.29) is 11.8 Å². The Labute approximate surface area is 92.1 Å². The van der Waals surface area contributed by atoms with Crippen LogP contribution in [-0.4, -0.2) is 20.4 Å². The number of nitrogens with one attached hydrogen (secondary N) is 1. The van der Waals surface area contributed by atoms with E-state index in [2.05, 4.69) is 15.3 Å². The van der Waals surface area contributed by atoms with Crippen LogP contribution in [0.4, 0.5) is 5.69 Å². The van der Waals surface area contributed by atoms with E-state index in [1.54, 1.807) is 18.6 Å². The number of pyridine rings is 1. The fourth-order valence-corrected chi connectivity index (χ4v) is 2.02. The van der Waals surface area contributed by atoms with Crippen LogP contribution in [0.5, 0.6) is 0 Å². The van der Waals surface area contributed by atoms with Gasteiger partial charge in [0.05, 0.1) is 11.9 Å². The Morgan fingerprint density at radius 1 is 1.44 bits per heavy atom. The summed E-state index contributed by atoms with van der Waals surface area (Å²) in [5.41, 5.74) is 1.72. The van der Waals surface area contributed by atoms with Crippen molar-refractivity contribution in [2.75, 3.05) is 5.32 Å². The first-order valence-corrected chi connectivity index (χ1v) is 4.99. The quantitative estimate of drug-likeness (QED) is 0.767. The lowest BCUT2D eigenvalue weighted by molar-refractivity contribution is -0.116. The second kappa shape index (κ2) is 3.16. The predicted octanol–water partition coefficient (Wildman–Crippen LogP) is 0.899. The highest BCUT2D eigenvalue weighted by atomic mass is 16.2. The second-order valence-electron chi connectivity index (χ2n) is 3.78. The third-order valence-corrected chi connectivity index (χ3v) is 2.80. The van der Waals surface area contributed by atoms with Gasteiger partial charge in [0.1, 0.15) is 11.7 Å². The number of anilines is 1. The number of fused-ring (bicyclic) bond motifs is 1. The standard InChI is InChI=1S/C11H10N4O/c1-15-5-4-13-10(15)9-7-2-3-12-6-8(7)14-11(9)16/h2-6,9H,1H3,(H,14,16). The second-order valence-corrected chi connectivity index (χ2v) is 3.78. The molecule has 1 atom stereocenters. The summed E-state index contributed by atoms with van der Waals surface area (Å²) in [6.07, 6.45) is 6.88. The van der Waals surface area contributed by atoms with Crippen LogP contribution in [0, 0.1) is 0 Å². The number of imidazole rings is 1. The molecule has 1 N–H and O–H groups in total. The minimum Gasteiger partial charge on any atom is -0.337 e. The minimum absolute atomic E-state index is 0.0442. The molecule has 0 aromatic carbocycles. The van der Waals surface area contributed by atoms with Crippen molar-refractivity contribution in [1.29, 1.82) is 0 Å². The molecule has 1 aliphatic rings. The molecule has 1 amide bonds. The molecule has 5 heteroatoms. The van der Waals surface area contributed by atoms with Crippen molar-refractivity contribution in [1.82, 2.24) is 14.5 Å². The third-order valence-electron chi connectivity index (χ3n) is 2.80. The van der Waals surface area contributed by atoms with Crippen LogP contribution >= 0.6 is 0 Å². The molecule has 0 saturated carbocycles. The number of hydrogen-bond acceptors (Lipinski definition) is 3. The van der Waals surface area contributed by atoms with Crippen LogP contribution in [0.3, 0.4) is 0 Å². The number of hydrogen-bond donors (Lipinski definition) is 1. The lowest BCUT2D eigenvalue weighted by Crippen LogP contribution is -2.16. The molecule has 0 fully saturated rings. The van der Waals surface area contributed by atoms with Crippen LogP contribution in [0.1, 0.15) is 17.3 Å². The zero-order valence-corrected chi connectivity index (χ0v) is 8.71. The van der Waals surface area contributed by atoms with E-state index < -0.39 is 0 Å². The van der Waals surface area contributed by atoms with Crippen LogP contribution in [0.25, 0.3) is 0 Å². The SMILES string of the molecule is Cn1ccnc1C1C(=O)Nc2cnccc21. The third kappa shape index (κ3) is 1.14. The fraction of sp³-hybridized carbons (Fsp3) is 0.182. The predicted molar refractivity (Wildman–Crippen MR) is 57.9 cm³/mol. The van der Waals surface area contributed by atoms with Crippen molar-refractivity contribution in [3.8, 4) is 0 Å². The largest absolute Gasteiger partial charge is 0.337 e. The van der Waals surface area contributed by atoms with Gasteiger partial charge in [-0.15, -0.1) is 0 Å². The van der Waals surface area contributed by atoms with E-state index in [1.165, 1.54) is 0 Å². The topological polar surface area (TPSA) is 59.8 Å². The Morgan fingerprint density at radius 3 is 3.06 bits per heavy atom. The van der Waals surface area contributed by atoms with Gasteiger partial charge < -0.3 is 9.88 Å². The van der Waals surface area contributed by atoms with Crippen molar-refractivity contribution >= 4 is 11.6 Å². The summed E-state index contributed by atoms with van der Waals surface area (Å²) in [6.45, 7) is 0. The maximum atomic E-state index is 11.9. The van der Waals surface area contributed by atoms with E-state index in [1.807, 2.05) is 23.9 Å². The number of carbonyl (C=O) groups excluding carboxylic acids is 1. The molecule has 3 heterocycles. The number of aromatic nitrogens is 3. The lowest BCUT2D eigenvalue weighted by Gasteiger charge is -2.08. The summed E-state index contributed by atoms with van der Waals surface area (Å²) in [5, 5.41) is 2.81. The molecule has 0 radical (unpaired) electrons. The first-order chi connectivity index (χ1) is 7.77. The Bertz CT molecular complexity index is 561. The van der Waals surface area contributed by atoms with Crippen molar-refractivity contribution in [2.45, 2.75) is 5.92 Å². The van der Waals surface area contributed by atoms with Crippen LogP contribution in [-0.2, 0) is 11.8 Å². The van der Waals surface area contributed by atoms with Gasteiger partial charge in [0.2, 0.25) is 5.91 Å². The Kier molecular flexibility index (Phi) is 1.80. The number of amides is 1. The molecule has 1 unspecified atom stereocenters. The normalized spacial score (nSPS) is 18.3. The van der Waals surface area contributed by atoms with Gasteiger partial charge >= 0.3 is 0 Å². The van der Waals surface area contributed by atoms with Gasteiger partial charge in [-0.2, -0.15) is 0 Å². The van der Waals surface area contributed by atoms with Gasteiger partial charge in [0.25, 0.3) is 0 Å². The van der Waals surface area contributed by atoms with Gasteiger partial charge in [-0.25, -0.2) is 4.98 Å². The summed E-state index contributed by atoms with van der Waals surface area (Å²) in [4.78, 5) is 20.1. The molecule has 0 spiro atoms. The minimum atomic E-state index is -0.321. The molecule has 3 rings (SSSR count). The van der Waals surface area contributed by atoms with Gasteiger partial charge in [-0.1, -0.05) is 0 Å². The van der Waals surface area contributed by atoms with Crippen molar-refractivity contribution < 1.29 is 4.79 Å². The van der Waals surface area contributed by atoms with Crippen molar-refractivity contribution in [3.05, 3.63) is 42.2 Å². The van der Waals surface area contributed by atoms with E-state index >= 15 is 0 Å². The van der Waals surface area contributed by atoms with E-state index in [0.29, 0.717) is 0 Å². The molecule has 2 aromatic rings. The van der Waals surface area contributed by atoms with Crippen molar-refractivity contribution in [3.63, 3.8) is 0 Å². The number of rotatable bonds is 1. The summed E-state index contributed by atoms with van der Waals surface area (Å²) in [5.74, 6) is 0.387. The zero-order chi connectivity index (χ0) is 11.1. The maximum Gasteiger partial charge on any atom is 0.239 e. The first-order valence-electron chi connectivity index (χ1n) is 4.99. The Morgan fingerprint density at radius 2 is 2.31 bits per heavy atom. The summed E-state index contributed by atoms with van der Waals surface area (Å²) in [7, 11) is 1.88. The van der Waals surface area contributed by atoms with Gasteiger partial charge in [0.15, 0.2) is 0 Å². The van der Waals surface area contributed by atoms with Crippen LogP contribution in [0.15, 0.2) is 30.9 Å².